The molecule has 4 aromatic rings. The van der Waals surface area contributed by atoms with E-state index in [0.29, 0.717) is 47.7 Å². The number of likely N-dealkylation sites (tertiary alicyclic amines) is 1. The minimum Gasteiger partial charge on any atom is -0.488 e. The van der Waals surface area contributed by atoms with Crippen LogP contribution in [0.15, 0.2) is 40.6 Å². The third-order valence-electron chi connectivity index (χ3n) is 5.27. The molecule has 0 spiro atoms. The van der Waals surface area contributed by atoms with Gasteiger partial charge < -0.3 is 19.7 Å². The highest BCUT2D eigenvalue weighted by Gasteiger charge is 2.27. The third-order valence-corrected chi connectivity index (χ3v) is 6.15. The minimum atomic E-state index is -0.946. The van der Waals surface area contributed by atoms with E-state index in [2.05, 4.69) is 15.0 Å². The van der Waals surface area contributed by atoms with Gasteiger partial charge in [-0.2, -0.15) is 0 Å². The number of nitrogens with zero attached hydrogens (tertiary/aromatic N) is 3. The van der Waals surface area contributed by atoms with E-state index in [-0.39, 0.29) is 11.7 Å². The van der Waals surface area contributed by atoms with Crippen molar-refractivity contribution < 1.29 is 14.6 Å². The minimum absolute atomic E-state index is 0.231. The van der Waals surface area contributed by atoms with Gasteiger partial charge >= 0.3 is 6.09 Å². The summed E-state index contributed by atoms with van der Waals surface area (Å²) in [6.45, 7) is 2.63. The summed E-state index contributed by atoms with van der Waals surface area (Å²) in [6, 6.07) is 7.42. The van der Waals surface area contributed by atoms with Gasteiger partial charge in [-0.25, -0.2) is 9.78 Å². The van der Waals surface area contributed by atoms with Crippen molar-refractivity contribution in [1.29, 1.82) is 0 Å². The molecule has 1 amide bonds. The fourth-order valence-electron chi connectivity index (χ4n) is 3.75. The predicted molar refractivity (Wildman–Crippen MR) is 114 cm³/mol. The van der Waals surface area contributed by atoms with Crippen LogP contribution in [0.25, 0.3) is 32.5 Å². The summed E-state index contributed by atoms with van der Waals surface area (Å²) in [6.07, 6.45) is 1.22. The van der Waals surface area contributed by atoms with Crippen molar-refractivity contribution in [3.05, 3.63) is 51.8 Å². The van der Waals surface area contributed by atoms with Gasteiger partial charge in [0.2, 0.25) is 0 Å². The van der Waals surface area contributed by atoms with Crippen LogP contribution in [-0.2, 0) is 0 Å². The average molecular weight is 422 g/mol. The maximum atomic E-state index is 12.8. The molecule has 3 aromatic heterocycles. The van der Waals surface area contributed by atoms with E-state index in [0.717, 1.165) is 15.6 Å². The highest BCUT2D eigenvalue weighted by molar-refractivity contribution is 7.17. The largest absolute Gasteiger partial charge is 0.488 e. The van der Waals surface area contributed by atoms with Gasteiger partial charge in [0.15, 0.2) is 5.82 Å². The van der Waals surface area contributed by atoms with E-state index in [1.165, 1.54) is 4.90 Å². The van der Waals surface area contributed by atoms with Crippen LogP contribution in [0, 0.1) is 6.92 Å². The van der Waals surface area contributed by atoms with E-state index < -0.39 is 6.09 Å². The van der Waals surface area contributed by atoms with Gasteiger partial charge in [-0.1, -0.05) is 0 Å². The van der Waals surface area contributed by atoms with Crippen LogP contribution < -0.4 is 10.3 Å². The number of aromatic amines is 1. The number of pyridine rings is 1. The number of hydrogen-bond donors (Lipinski definition) is 2. The Bertz CT molecular complexity index is 1350. The third kappa shape index (κ3) is 3.26. The second-order valence-corrected chi connectivity index (χ2v) is 8.28. The number of thiophene rings is 1. The van der Waals surface area contributed by atoms with E-state index in [1.807, 2.05) is 30.5 Å². The Hall–Kier alpha value is -3.46. The topological polar surface area (TPSA) is 108 Å². The van der Waals surface area contributed by atoms with Crippen molar-refractivity contribution in [2.75, 3.05) is 13.1 Å². The molecule has 152 valence electrons. The predicted octanol–water partition coefficient (Wildman–Crippen LogP) is 3.64. The first-order valence-electron chi connectivity index (χ1n) is 9.51. The van der Waals surface area contributed by atoms with Crippen molar-refractivity contribution in [1.82, 2.24) is 19.9 Å². The van der Waals surface area contributed by atoms with Crippen LogP contribution in [0.1, 0.15) is 12.0 Å². The number of fused-ring (bicyclic) bond motifs is 2. The first-order chi connectivity index (χ1) is 14.5. The number of rotatable bonds is 3. The van der Waals surface area contributed by atoms with Crippen molar-refractivity contribution in [2.45, 2.75) is 19.4 Å². The monoisotopic (exact) mass is 422 g/mol. The number of H-pyrrole nitrogens is 1. The molecule has 1 aromatic carbocycles. The lowest BCUT2D eigenvalue weighted by Crippen LogP contribution is -2.29. The zero-order chi connectivity index (χ0) is 20.8. The number of amides is 1. The highest BCUT2D eigenvalue weighted by atomic mass is 32.1. The molecule has 8 nitrogen and oxygen atoms in total. The molecule has 0 unspecified atom stereocenters. The lowest BCUT2D eigenvalue weighted by atomic mass is 10.1. The fraction of sp³-hybridized carbons (Fsp3) is 0.238. The van der Waals surface area contributed by atoms with Crippen LogP contribution >= 0.6 is 11.3 Å². The van der Waals surface area contributed by atoms with E-state index in [4.69, 9.17) is 9.84 Å². The molecule has 1 atom stereocenters. The van der Waals surface area contributed by atoms with Gasteiger partial charge in [0.05, 0.1) is 17.4 Å². The Balaban J connectivity index is 1.50. The van der Waals surface area contributed by atoms with Gasteiger partial charge in [-0.15, -0.1) is 11.3 Å². The summed E-state index contributed by atoms with van der Waals surface area (Å²) in [4.78, 5) is 37.1. The van der Waals surface area contributed by atoms with Crippen LogP contribution in [0.5, 0.6) is 5.75 Å². The Morgan fingerprint density at radius 2 is 2.23 bits per heavy atom. The Labute approximate surface area is 174 Å². The number of aryl methyl sites for hydroxylation is 1. The number of benzene rings is 1. The quantitative estimate of drug-likeness (QED) is 0.522. The number of aromatic nitrogens is 3. The number of carboxylic acid groups (broad SMARTS) is 1. The molecule has 0 saturated carbocycles. The number of nitrogens with one attached hydrogen (secondary N) is 1. The van der Waals surface area contributed by atoms with Gasteiger partial charge in [-0.3, -0.25) is 9.78 Å². The Kier molecular flexibility index (Phi) is 4.39. The molecule has 1 fully saturated rings. The summed E-state index contributed by atoms with van der Waals surface area (Å²) in [5.74, 6) is 0.961. The van der Waals surface area contributed by atoms with Gasteiger partial charge in [0.25, 0.3) is 5.56 Å². The molecule has 2 N–H and O–H groups in total. The highest BCUT2D eigenvalue weighted by Crippen LogP contribution is 2.27. The van der Waals surface area contributed by atoms with E-state index in [9.17, 15) is 9.59 Å². The van der Waals surface area contributed by atoms with Gasteiger partial charge in [0, 0.05) is 29.2 Å². The molecule has 1 aliphatic heterocycles. The second-order valence-electron chi connectivity index (χ2n) is 7.34. The summed E-state index contributed by atoms with van der Waals surface area (Å²) >= 11 is 1.61. The smallest absolute Gasteiger partial charge is 0.407 e. The molecule has 0 bridgehead atoms. The zero-order valence-corrected chi connectivity index (χ0v) is 16.9. The molecular weight excluding hydrogens is 404 g/mol. The summed E-state index contributed by atoms with van der Waals surface area (Å²) in [7, 11) is 0. The van der Waals surface area contributed by atoms with Crippen molar-refractivity contribution in [3.63, 3.8) is 0 Å². The van der Waals surface area contributed by atoms with Crippen LogP contribution in [0.3, 0.4) is 0 Å². The molecular formula is C21H18N4O4S. The Morgan fingerprint density at radius 1 is 1.37 bits per heavy atom. The lowest BCUT2D eigenvalue weighted by Gasteiger charge is -2.15. The Morgan fingerprint density at radius 3 is 3.03 bits per heavy atom. The van der Waals surface area contributed by atoms with Crippen molar-refractivity contribution in [3.8, 4) is 17.3 Å². The van der Waals surface area contributed by atoms with Crippen LogP contribution in [0.4, 0.5) is 4.79 Å². The van der Waals surface area contributed by atoms with Crippen molar-refractivity contribution >= 4 is 38.4 Å². The maximum absolute atomic E-state index is 12.8. The van der Waals surface area contributed by atoms with E-state index in [1.54, 1.807) is 23.6 Å². The summed E-state index contributed by atoms with van der Waals surface area (Å²) in [5.41, 5.74) is 1.74. The molecule has 30 heavy (non-hydrogen) atoms. The molecule has 9 heteroatoms. The van der Waals surface area contributed by atoms with Crippen LogP contribution in [-0.4, -0.2) is 50.2 Å². The zero-order valence-electron chi connectivity index (χ0n) is 16.1. The SMILES string of the molecule is Cc1cc(O[C@H]2CCN(C(=O)O)C2)cc2c(=O)[nH]c(-c3cc4sccc4cn3)nc12. The standard InChI is InChI=1S/C21H18N4O4S/c1-11-6-14(29-13-2-4-25(10-13)21(27)28)7-15-18(11)23-19(24-20(15)26)16-8-17-12(9-22-16)3-5-30-17/h3,5-9,13H,2,4,10H2,1H3,(H,27,28)(H,23,24,26)/t13-/m0/s1. The maximum Gasteiger partial charge on any atom is 0.407 e. The number of carbonyl (C=O) groups is 1. The van der Waals surface area contributed by atoms with Gasteiger partial charge in [-0.05, 0) is 42.1 Å². The summed E-state index contributed by atoms with van der Waals surface area (Å²) in [5, 5.41) is 12.6. The second kappa shape index (κ2) is 7.10. The molecule has 1 aliphatic rings. The van der Waals surface area contributed by atoms with Crippen molar-refractivity contribution in [2.24, 2.45) is 0 Å². The fourth-order valence-corrected chi connectivity index (χ4v) is 4.55. The van der Waals surface area contributed by atoms with Gasteiger partial charge in [0.1, 0.15) is 17.5 Å². The molecule has 4 heterocycles. The number of ether oxygens (including phenoxy) is 1. The number of hydrogen-bond acceptors (Lipinski definition) is 6. The molecule has 1 saturated heterocycles. The molecule has 5 rings (SSSR count). The molecule has 0 aliphatic carbocycles. The lowest BCUT2D eigenvalue weighted by molar-refractivity contribution is 0.145. The first kappa shape index (κ1) is 18.6. The normalized spacial score (nSPS) is 16.4. The first-order valence-corrected chi connectivity index (χ1v) is 10.4. The van der Waals surface area contributed by atoms with Crippen LogP contribution in [0.2, 0.25) is 0 Å². The summed E-state index contributed by atoms with van der Waals surface area (Å²) < 4.78 is 7.04. The van der Waals surface area contributed by atoms with E-state index >= 15 is 0 Å². The average Bonchev–Trinajstić information content (AvgIpc) is 3.37. The molecule has 0 radical (unpaired) electrons.